The summed E-state index contributed by atoms with van der Waals surface area (Å²) in [7, 11) is 1.77. The van der Waals surface area contributed by atoms with E-state index in [1.54, 1.807) is 24.1 Å². The number of aromatic nitrogens is 2. The highest BCUT2D eigenvalue weighted by molar-refractivity contribution is 5.77. The second-order valence-electron chi connectivity index (χ2n) is 3.91. The third-order valence-corrected chi connectivity index (χ3v) is 2.47. The molecule has 1 aromatic carbocycles. The van der Waals surface area contributed by atoms with Crippen molar-refractivity contribution >= 4 is 12.0 Å². The van der Waals surface area contributed by atoms with E-state index in [1.807, 2.05) is 0 Å². The fourth-order valence-corrected chi connectivity index (χ4v) is 1.58. The zero-order chi connectivity index (χ0) is 13.8. The number of nitrogens with zero attached hydrogens (tertiary/aromatic N) is 3. The fraction of sp³-hybridized carbons (Fsp3) is 0.167. The summed E-state index contributed by atoms with van der Waals surface area (Å²) in [4.78, 5) is 20.9. The predicted octanol–water partition coefficient (Wildman–Crippen LogP) is 1.72. The molecule has 0 unspecified atom stereocenters. The summed E-state index contributed by atoms with van der Waals surface area (Å²) in [5.41, 5.74) is 0.810. The molecule has 1 aromatic heterocycles. The smallest absolute Gasteiger partial charge is 0.311 e. The summed E-state index contributed by atoms with van der Waals surface area (Å²) < 4.78 is 7.00. The second-order valence-corrected chi connectivity index (χ2v) is 3.91. The van der Waals surface area contributed by atoms with Gasteiger partial charge in [-0.1, -0.05) is 0 Å². The molecule has 0 saturated heterocycles. The Labute approximate surface area is 108 Å². The van der Waals surface area contributed by atoms with E-state index in [1.165, 1.54) is 18.2 Å². The molecule has 0 fully saturated rings. The van der Waals surface area contributed by atoms with Gasteiger partial charge in [-0.15, -0.1) is 0 Å². The monoisotopic (exact) mass is 261 g/mol. The minimum atomic E-state index is -0.578. The van der Waals surface area contributed by atoms with Crippen molar-refractivity contribution in [1.29, 1.82) is 0 Å². The van der Waals surface area contributed by atoms with Crippen molar-refractivity contribution in [2.75, 3.05) is 0 Å². The van der Waals surface area contributed by atoms with Crippen molar-refractivity contribution in [2.24, 2.45) is 7.05 Å². The van der Waals surface area contributed by atoms with E-state index < -0.39 is 4.92 Å². The Hall–Kier alpha value is -2.70. The molecular formula is C12H11N3O4. The number of carbonyl (C=O) groups is 1. The molecule has 0 amide bonds. The van der Waals surface area contributed by atoms with Crippen LogP contribution in [0.3, 0.4) is 0 Å². The van der Waals surface area contributed by atoms with Crippen molar-refractivity contribution in [1.82, 2.24) is 9.78 Å². The first-order valence-corrected chi connectivity index (χ1v) is 5.44. The number of nitro groups is 1. The molecule has 0 N–H and O–H groups in total. The van der Waals surface area contributed by atoms with Gasteiger partial charge in [0.1, 0.15) is 12.9 Å². The molecule has 7 heteroatoms. The highest BCUT2D eigenvalue weighted by atomic mass is 16.6. The number of carbonyl (C=O) groups excluding carboxylic acids is 1. The van der Waals surface area contributed by atoms with E-state index in [0.29, 0.717) is 6.29 Å². The number of rotatable bonds is 5. The average Bonchev–Trinajstić information content (AvgIpc) is 2.82. The topological polar surface area (TPSA) is 87.3 Å². The first-order valence-electron chi connectivity index (χ1n) is 5.44. The summed E-state index contributed by atoms with van der Waals surface area (Å²) in [5, 5.41) is 14.9. The number of aldehydes is 1. The normalized spacial score (nSPS) is 10.2. The number of ether oxygens (including phenoxy) is 1. The van der Waals surface area contributed by atoms with Crippen molar-refractivity contribution < 1.29 is 14.5 Å². The van der Waals surface area contributed by atoms with Crippen LogP contribution in [0.1, 0.15) is 15.9 Å². The maximum atomic E-state index is 10.9. The van der Waals surface area contributed by atoms with Gasteiger partial charge in [-0.05, 0) is 12.1 Å². The summed E-state index contributed by atoms with van der Waals surface area (Å²) >= 11 is 0. The van der Waals surface area contributed by atoms with Crippen molar-refractivity contribution in [3.05, 3.63) is 51.8 Å². The van der Waals surface area contributed by atoms with Crippen LogP contribution < -0.4 is 4.74 Å². The van der Waals surface area contributed by atoms with Gasteiger partial charge in [0, 0.05) is 30.4 Å². The molecule has 7 nitrogen and oxygen atoms in total. The van der Waals surface area contributed by atoms with Crippen LogP contribution in [0.15, 0.2) is 30.6 Å². The van der Waals surface area contributed by atoms with Gasteiger partial charge in [0.2, 0.25) is 0 Å². The van der Waals surface area contributed by atoms with Crippen LogP contribution in [0.25, 0.3) is 0 Å². The van der Waals surface area contributed by atoms with E-state index >= 15 is 0 Å². The predicted molar refractivity (Wildman–Crippen MR) is 66.0 cm³/mol. The lowest BCUT2D eigenvalue weighted by Crippen LogP contribution is -1.99. The minimum absolute atomic E-state index is 0.124. The first kappa shape index (κ1) is 12.7. The van der Waals surface area contributed by atoms with Crippen molar-refractivity contribution in [3.8, 4) is 5.75 Å². The van der Waals surface area contributed by atoms with Crippen LogP contribution in [0.2, 0.25) is 0 Å². The van der Waals surface area contributed by atoms with Crippen molar-refractivity contribution in [3.63, 3.8) is 0 Å². The quantitative estimate of drug-likeness (QED) is 0.464. The lowest BCUT2D eigenvalue weighted by atomic mass is 10.2. The maximum absolute atomic E-state index is 10.9. The number of nitro benzene ring substituents is 1. The van der Waals surface area contributed by atoms with Crippen LogP contribution >= 0.6 is 0 Å². The molecule has 0 spiro atoms. The van der Waals surface area contributed by atoms with Gasteiger partial charge in [0.25, 0.3) is 0 Å². The lowest BCUT2D eigenvalue weighted by Gasteiger charge is -2.05. The highest BCUT2D eigenvalue weighted by Crippen LogP contribution is 2.28. The first-order chi connectivity index (χ1) is 9.10. The summed E-state index contributed by atoms with van der Waals surface area (Å²) in [5.74, 6) is 0.124. The Morgan fingerprint density at radius 2 is 2.32 bits per heavy atom. The molecule has 0 atom stereocenters. The SMILES string of the molecule is Cn1cc(COc2ccc(C=O)cc2[N+](=O)[O-])cn1. The average molecular weight is 261 g/mol. The molecule has 19 heavy (non-hydrogen) atoms. The largest absolute Gasteiger partial charge is 0.482 e. The van der Waals surface area contributed by atoms with Gasteiger partial charge in [0.15, 0.2) is 5.75 Å². The van der Waals surface area contributed by atoms with E-state index in [2.05, 4.69) is 5.10 Å². The van der Waals surface area contributed by atoms with Crippen LogP contribution in [0.4, 0.5) is 5.69 Å². The zero-order valence-electron chi connectivity index (χ0n) is 10.1. The number of hydrogen-bond acceptors (Lipinski definition) is 5. The van der Waals surface area contributed by atoms with Crippen LogP contribution in [-0.2, 0) is 13.7 Å². The molecule has 0 radical (unpaired) electrons. The molecule has 0 aliphatic carbocycles. The van der Waals surface area contributed by atoms with Gasteiger partial charge >= 0.3 is 5.69 Å². The number of hydrogen-bond donors (Lipinski definition) is 0. The van der Waals surface area contributed by atoms with Crippen LogP contribution in [-0.4, -0.2) is 21.0 Å². The van der Waals surface area contributed by atoms with E-state index in [-0.39, 0.29) is 23.6 Å². The Morgan fingerprint density at radius 1 is 1.53 bits per heavy atom. The molecule has 2 aromatic rings. The molecule has 1 heterocycles. The number of aryl methyl sites for hydroxylation is 1. The van der Waals surface area contributed by atoms with E-state index in [9.17, 15) is 14.9 Å². The van der Waals surface area contributed by atoms with Gasteiger partial charge in [-0.2, -0.15) is 5.10 Å². The van der Waals surface area contributed by atoms with Gasteiger partial charge in [-0.3, -0.25) is 19.6 Å². The summed E-state index contributed by atoms with van der Waals surface area (Å²) in [6.45, 7) is 0.176. The molecule has 0 saturated carbocycles. The molecule has 98 valence electrons. The van der Waals surface area contributed by atoms with Crippen molar-refractivity contribution in [2.45, 2.75) is 6.61 Å². The summed E-state index contributed by atoms with van der Waals surface area (Å²) in [6.07, 6.45) is 3.93. The molecule has 0 aliphatic rings. The fourth-order valence-electron chi connectivity index (χ4n) is 1.58. The molecular weight excluding hydrogens is 250 g/mol. The number of benzene rings is 1. The summed E-state index contributed by atoms with van der Waals surface area (Å²) in [6, 6.07) is 4.07. The van der Waals surface area contributed by atoms with Crippen LogP contribution in [0, 0.1) is 10.1 Å². The highest BCUT2D eigenvalue weighted by Gasteiger charge is 2.16. The molecule has 0 bridgehead atoms. The third kappa shape index (κ3) is 2.95. The lowest BCUT2D eigenvalue weighted by molar-refractivity contribution is -0.386. The Bertz CT molecular complexity index is 621. The zero-order valence-corrected chi connectivity index (χ0v) is 10.1. The standard InChI is InChI=1S/C12H11N3O4/c1-14-6-10(5-13-14)8-19-12-3-2-9(7-16)4-11(12)15(17)18/h2-7H,8H2,1H3. The maximum Gasteiger partial charge on any atom is 0.311 e. The van der Waals surface area contributed by atoms with Gasteiger partial charge < -0.3 is 4.74 Å². The Morgan fingerprint density at radius 3 is 2.89 bits per heavy atom. The van der Waals surface area contributed by atoms with Gasteiger partial charge in [0.05, 0.1) is 11.1 Å². The Balaban J connectivity index is 2.19. The van der Waals surface area contributed by atoms with E-state index in [0.717, 1.165) is 5.56 Å². The van der Waals surface area contributed by atoms with Gasteiger partial charge in [-0.25, -0.2) is 0 Å². The molecule has 0 aliphatic heterocycles. The van der Waals surface area contributed by atoms with Crippen LogP contribution in [0.5, 0.6) is 5.75 Å². The second kappa shape index (κ2) is 5.30. The molecule has 2 rings (SSSR count). The third-order valence-electron chi connectivity index (χ3n) is 2.47. The minimum Gasteiger partial charge on any atom is -0.482 e. The Kier molecular flexibility index (Phi) is 3.56. The van der Waals surface area contributed by atoms with E-state index in [4.69, 9.17) is 4.74 Å².